The highest BCUT2D eigenvalue weighted by Gasteiger charge is 2.42. The van der Waals surface area contributed by atoms with Crippen LogP contribution in [0.5, 0.6) is 0 Å². The average molecular weight is 496 g/mol. The van der Waals surface area contributed by atoms with Gasteiger partial charge in [0.05, 0.1) is 24.7 Å². The second kappa shape index (κ2) is 11.6. The highest BCUT2D eigenvalue weighted by molar-refractivity contribution is 7.85. The molecular formula is C20H33NO11S. The normalized spacial score (nSPS) is 24.6. The Morgan fingerprint density at radius 2 is 1.79 bits per heavy atom. The molecule has 0 aromatic heterocycles. The quantitative estimate of drug-likeness (QED) is 0.304. The van der Waals surface area contributed by atoms with Gasteiger partial charge in [-0.3, -0.25) is 13.8 Å². The third-order valence-electron chi connectivity index (χ3n) is 4.28. The molecule has 0 aromatic rings. The van der Waals surface area contributed by atoms with E-state index < -0.39 is 83.0 Å². The number of rotatable bonds is 7. The molecule has 4 unspecified atom stereocenters. The number of amides is 1. The minimum atomic E-state index is -3.79. The maximum atomic E-state index is 12.8. The third-order valence-corrected chi connectivity index (χ3v) is 4.88. The Labute approximate surface area is 193 Å². The van der Waals surface area contributed by atoms with E-state index in [0.29, 0.717) is 0 Å². The van der Waals surface area contributed by atoms with Gasteiger partial charge in [0.25, 0.3) is 10.1 Å². The van der Waals surface area contributed by atoms with Crippen molar-refractivity contribution in [1.82, 2.24) is 5.32 Å². The highest BCUT2D eigenvalue weighted by atomic mass is 32.2. The summed E-state index contributed by atoms with van der Waals surface area (Å²) < 4.78 is 48.4. The lowest BCUT2D eigenvalue weighted by Crippen LogP contribution is -2.48. The molecule has 12 nitrogen and oxygen atoms in total. The Morgan fingerprint density at radius 3 is 2.30 bits per heavy atom. The number of nitrogens with one attached hydrogen (secondary N) is 1. The van der Waals surface area contributed by atoms with E-state index in [4.69, 9.17) is 23.1 Å². The van der Waals surface area contributed by atoms with Crippen LogP contribution in [0.3, 0.4) is 0 Å². The summed E-state index contributed by atoms with van der Waals surface area (Å²) in [7, 11) is -3.79. The maximum Gasteiger partial charge on any atom is 0.408 e. The maximum absolute atomic E-state index is 12.8. The number of ether oxygens (including phenoxy) is 4. The van der Waals surface area contributed by atoms with Gasteiger partial charge >= 0.3 is 24.0 Å². The van der Waals surface area contributed by atoms with Gasteiger partial charge in [-0.1, -0.05) is 13.8 Å². The molecule has 0 bridgehead atoms. The second-order valence-electron chi connectivity index (χ2n) is 8.95. The number of alkyl carbamates (subject to hydrolysis) is 1. The zero-order chi connectivity index (χ0) is 25.6. The molecule has 190 valence electrons. The number of esters is 3. The predicted octanol–water partition coefficient (Wildman–Crippen LogP) is 0.919. The number of cyclic esters (lactones) is 2. The number of carbonyl (C=O) groups excluding carboxylic acids is 4. The van der Waals surface area contributed by atoms with Gasteiger partial charge in [-0.15, -0.1) is 0 Å². The molecule has 1 heterocycles. The lowest BCUT2D eigenvalue weighted by Gasteiger charge is -2.29. The molecule has 0 radical (unpaired) electrons. The van der Waals surface area contributed by atoms with Crippen molar-refractivity contribution in [2.45, 2.75) is 71.8 Å². The Balaban J connectivity index is 3.14. The number of hydrogen-bond donors (Lipinski definition) is 1. The molecule has 1 saturated heterocycles. The second-order valence-corrected chi connectivity index (χ2v) is 10.6. The van der Waals surface area contributed by atoms with E-state index in [1.54, 1.807) is 34.6 Å². The monoisotopic (exact) mass is 495 g/mol. The van der Waals surface area contributed by atoms with Crippen molar-refractivity contribution in [1.29, 1.82) is 0 Å². The topological polar surface area (TPSA) is 161 Å². The van der Waals surface area contributed by atoms with Crippen LogP contribution in [0.25, 0.3) is 0 Å². The lowest BCUT2D eigenvalue weighted by molar-refractivity contribution is -0.177. The molecule has 1 amide bonds. The van der Waals surface area contributed by atoms with E-state index in [2.05, 4.69) is 5.32 Å². The van der Waals surface area contributed by atoms with E-state index in [1.807, 2.05) is 0 Å². The van der Waals surface area contributed by atoms with Crippen LogP contribution in [0.2, 0.25) is 0 Å². The zero-order valence-corrected chi connectivity index (χ0v) is 20.7. The molecule has 13 heteroatoms. The summed E-state index contributed by atoms with van der Waals surface area (Å²) in [6.07, 6.45) is -2.68. The first-order chi connectivity index (χ1) is 15.0. The Hall–Kier alpha value is -2.41. The molecule has 1 aliphatic rings. The number of carbonyl (C=O) groups is 4. The molecule has 33 heavy (non-hydrogen) atoms. The van der Waals surface area contributed by atoms with Gasteiger partial charge in [0.15, 0.2) is 12.1 Å². The first kappa shape index (κ1) is 28.6. The first-order valence-corrected chi connectivity index (χ1v) is 12.2. The fourth-order valence-corrected chi connectivity index (χ4v) is 3.14. The molecular weight excluding hydrogens is 462 g/mol. The fourth-order valence-electron chi connectivity index (χ4n) is 2.74. The molecule has 1 N–H and O–H groups in total. The molecule has 0 aromatic carbocycles. The molecule has 0 saturated carbocycles. The minimum absolute atomic E-state index is 0.200. The van der Waals surface area contributed by atoms with Crippen LogP contribution in [-0.4, -0.2) is 75.7 Å². The van der Waals surface area contributed by atoms with Crippen LogP contribution in [0.1, 0.15) is 48.0 Å². The molecule has 0 aliphatic carbocycles. The van der Waals surface area contributed by atoms with Crippen molar-refractivity contribution in [2.75, 3.05) is 19.5 Å². The van der Waals surface area contributed by atoms with Gasteiger partial charge in [0.1, 0.15) is 18.3 Å². The summed E-state index contributed by atoms with van der Waals surface area (Å²) in [5.74, 6) is -4.22. The molecule has 1 rings (SSSR count). The van der Waals surface area contributed by atoms with Gasteiger partial charge in [-0.05, 0) is 34.1 Å². The minimum Gasteiger partial charge on any atom is -0.463 e. The molecule has 1 aliphatic heterocycles. The fraction of sp³-hybridized carbons (Fsp3) is 0.800. The summed E-state index contributed by atoms with van der Waals surface area (Å²) in [4.78, 5) is 49.8. The largest absolute Gasteiger partial charge is 0.463 e. The van der Waals surface area contributed by atoms with Crippen LogP contribution < -0.4 is 5.32 Å². The number of hydrogen-bond acceptors (Lipinski definition) is 11. The van der Waals surface area contributed by atoms with Crippen molar-refractivity contribution in [3.05, 3.63) is 0 Å². The Kier molecular flexibility index (Phi) is 10.1. The first-order valence-electron chi connectivity index (χ1n) is 10.4. The van der Waals surface area contributed by atoms with Crippen molar-refractivity contribution >= 4 is 34.1 Å². The van der Waals surface area contributed by atoms with E-state index in [0.717, 1.165) is 6.26 Å². The standard InChI is InChI=1S/C20H33NO11S/c1-11(2)16(22)31-15-12(3)30-18(24)14(21-19(25)32-20(4,5)6)10-28-17(23)13(15)8-9-29-33(7,26)27/h11-15H,8-10H2,1-7H3,(H,21,25). The predicted molar refractivity (Wildman–Crippen MR) is 113 cm³/mol. The summed E-state index contributed by atoms with van der Waals surface area (Å²) in [6.45, 7) is 8.49. The van der Waals surface area contributed by atoms with Crippen LogP contribution in [0, 0.1) is 11.8 Å². The van der Waals surface area contributed by atoms with Crippen molar-refractivity contribution < 1.29 is 50.7 Å². The summed E-state index contributed by atoms with van der Waals surface area (Å²) in [5.41, 5.74) is -0.836. The van der Waals surface area contributed by atoms with Gasteiger partial charge < -0.3 is 24.3 Å². The van der Waals surface area contributed by atoms with E-state index in [1.165, 1.54) is 6.92 Å². The van der Waals surface area contributed by atoms with Crippen LogP contribution in [0.15, 0.2) is 0 Å². The summed E-state index contributed by atoms with van der Waals surface area (Å²) in [5, 5.41) is 2.29. The van der Waals surface area contributed by atoms with E-state index >= 15 is 0 Å². The van der Waals surface area contributed by atoms with Crippen molar-refractivity contribution in [3.63, 3.8) is 0 Å². The van der Waals surface area contributed by atoms with Gasteiger partial charge in [0.2, 0.25) is 0 Å². The Morgan fingerprint density at radius 1 is 1.18 bits per heavy atom. The van der Waals surface area contributed by atoms with Gasteiger partial charge in [0, 0.05) is 0 Å². The summed E-state index contributed by atoms with van der Waals surface area (Å²) in [6, 6.07) is -1.38. The lowest BCUT2D eigenvalue weighted by atomic mass is 9.95. The van der Waals surface area contributed by atoms with Gasteiger partial charge in [-0.2, -0.15) is 8.42 Å². The van der Waals surface area contributed by atoms with Crippen LogP contribution >= 0.6 is 0 Å². The zero-order valence-electron chi connectivity index (χ0n) is 19.9. The van der Waals surface area contributed by atoms with Crippen molar-refractivity contribution in [3.8, 4) is 0 Å². The average Bonchev–Trinajstić information content (AvgIpc) is 2.66. The molecule has 0 spiro atoms. The molecule has 4 atom stereocenters. The highest BCUT2D eigenvalue weighted by Crippen LogP contribution is 2.24. The Bertz CT molecular complexity index is 831. The summed E-state index contributed by atoms with van der Waals surface area (Å²) >= 11 is 0. The smallest absolute Gasteiger partial charge is 0.408 e. The van der Waals surface area contributed by atoms with Gasteiger partial charge in [-0.25, -0.2) is 9.59 Å². The van der Waals surface area contributed by atoms with E-state index in [-0.39, 0.29) is 6.42 Å². The van der Waals surface area contributed by atoms with Crippen molar-refractivity contribution in [2.24, 2.45) is 11.8 Å². The van der Waals surface area contributed by atoms with E-state index in [9.17, 15) is 27.6 Å². The SMILES string of the molecule is CC(C)C(=O)OC1C(C)OC(=O)C(NC(=O)OC(C)(C)C)COC(=O)C1CCOS(C)(=O)=O. The third kappa shape index (κ3) is 10.4. The van der Waals surface area contributed by atoms with Crippen LogP contribution in [-0.2, 0) is 47.6 Å². The molecule has 1 fully saturated rings. The van der Waals surface area contributed by atoms with Crippen LogP contribution in [0.4, 0.5) is 4.79 Å².